The first-order chi connectivity index (χ1) is 12.0. The van der Waals surface area contributed by atoms with Gasteiger partial charge in [0.05, 0.1) is 11.4 Å². The maximum Gasteiger partial charge on any atom is 0.258 e. The number of anilines is 3. The lowest BCUT2D eigenvalue weighted by Gasteiger charge is -2.28. The predicted molar refractivity (Wildman–Crippen MR) is 101 cm³/mol. The molecule has 130 valence electrons. The second kappa shape index (κ2) is 6.97. The van der Waals surface area contributed by atoms with Crippen LogP contribution in [0.4, 0.5) is 17.1 Å². The first-order valence-electron chi connectivity index (χ1n) is 8.49. The maximum atomic E-state index is 13.3. The normalized spacial score (nSPS) is 16.8. The highest BCUT2D eigenvalue weighted by molar-refractivity contribution is 6.09. The minimum Gasteiger partial charge on any atom is -0.373 e. The van der Waals surface area contributed by atoms with E-state index >= 15 is 0 Å². The van der Waals surface area contributed by atoms with Gasteiger partial charge in [-0.05, 0) is 43.7 Å². The van der Waals surface area contributed by atoms with Gasteiger partial charge in [-0.2, -0.15) is 0 Å². The van der Waals surface area contributed by atoms with E-state index in [2.05, 4.69) is 24.2 Å². The van der Waals surface area contributed by atoms with Crippen molar-refractivity contribution >= 4 is 28.9 Å². The predicted octanol–water partition coefficient (Wildman–Crippen LogP) is 3.52. The lowest BCUT2D eigenvalue weighted by molar-refractivity contribution is -0.114. The molecule has 1 N–H and O–H groups in total. The Morgan fingerprint density at radius 2 is 1.80 bits per heavy atom. The molecule has 2 aromatic rings. The number of nitrogens with zero attached hydrogens (tertiary/aromatic N) is 2. The number of para-hydroxylation sites is 2. The smallest absolute Gasteiger partial charge is 0.258 e. The SMILES string of the molecule is CC(=O)Nc1cccc(C(=O)N2c3ccccc3N(C)CC[C@H]2C)c1. The first kappa shape index (κ1) is 17.0. The highest BCUT2D eigenvalue weighted by Crippen LogP contribution is 2.34. The summed E-state index contributed by atoms with van der Waals surface area (Å²) in [5.74, 6) is -0.206. The number of carbonyl (C=O) groups excluding carboxylic acids is 2. The second-order valence-electron chi connectivity index (χ2n) is 6.49. The van der Waals surface area contributed by atoms with E-state index < -0.39 is 0 Å². The third-order valence-electron chi connectivity index (χ3n) is 4.52. The lowest BCUT2D eigenvalue weighted by atomic mass is 10.1. The number of hydrogen-bond acceptors (Lipinski definition) is 3. The van der Waals surface area contributed by atoms with Gasteiger partial charge in [-0.1, -0.05) is 18.2 Å². The van der Waals surface area contributed by atoms with Gasteiger partial charge in [-0.3, -0.25) is 9.59 Å². The molecule has 0 fully saturated rings. The standard InChI is InChI=1S/C20H23N3O2/c1-14-11-12-22(3)18-9-4-5-10-19(18)23(14)20(25)16-7-6-8-17(13-16)21-15(2)24/h4-10,13-14H,11-12H2,1-3H3,(H,21,24)/t14-/m1/s1. The van der Waals surface area contributed by atoms with E-state index in [0.29, 0.717) is 11.3 Å². The molecule has 0 bridgehead atoms. The van der Waals surface area contributed by atoms with Crippen molar-refractivity contribution in [1.82, 2.24) is 0 Å². The molecule has 1 atom stereocenters. The van der Waals surface area contributed by atoms with Crippen LogP contribution in [0.2, 0.25) is 0 Å². The van der Waals surface area contributed by atoms with E-state index in [1.165, 1.54) is 6.92 Å². The van der Waals surface area contributed by atoms with Crippen LogP contribution in [0.3, 0.4) is 0 Å². The zero-order valence-electron chi connectivity index (χ0n) is 14.8. The first-order valence-corrected chi connectivity index (χ1v) is 8.49. The molecule has 5 heteroatoms. The van der Waals surface area contributed by atoms with Gasteiger partial charge in [0.2, 0.25) is 5.91 Å². The molecule has 5 nitrogen and oxygen atoms in total. The minimum absolute atomic E-state index is 0.0533. The van der Waals surface area contributed by atoms with E-state index in [-0.39, 0.29) is 17.9 Å². The maximum absolute atomic E-state index is 13.3. The molecular formula is C20H23N3O2. The quantitative estimate of drug-likeness (QED) is 0.912. The number of fused-ring (bicyclic) bond motifs is 1. The van der Waals surface area contributed by atoms with Crippen molar-refractivity contribution in [1.29, 1.82) is 0 Å². The summed E-state index contributed by atoms with van der Waals surface area (Å²) in [4.78, 5) is 28.6. The van der Waals surface area contributed by atoms with Crippen molar-refractivity contribution in [3.05, 3.63) is 54.1 Å². The van der Waals surface area contributed by atoms with E-state index in [1.807, 2.05) is 29.2 Å². The fraction of sp³-hybridized carbons (Fsp3) is 0.300. The molecule has 25 heavy (non-hydrogen) atoms. The molecule has 1 aliphatic rings. The molecule has 0 radical (unpaired) electrons. The Kier molecular flexibility index (Phi) is 4.74. The van der Waals surface area contributed by atoms with Gasteiger partial charge in [-0.25, -0.2) is 0 Å². The van der Waals surface area contributed by atoms with Gasteiger partial charge in [0.25, 0.3) is 5.91 Å². The third-order valence-corrected chi connectivity index (χ3v) is 4.52. The Hall–Kier alpha value is -2.82. The van der Waals surface area contributed by atoms with Crippen LogP contribution >= 0.6 is 0 Å². The number of benzene rings is 2. The zero-order chi connectivity index (χ0) is 18.0. The van der Waals surface area contributed by atoms with Crippen molar-refractivity contribution in [2.45, 2.75) is 26.3 Å². The molecule has 1 heterocycles. The molecule has 0 saturated carbocycles. The molecule has 0 aliphatic carbocycles. The van der Waals surface area contributed by atoms with Gasteiger partial charge < -0.3 is 15.1 Å². The fourth-order valence-electron chi connectivity index (χ4n) is 3.24. The number of nitrogens with one attached hydrogen (secondary N) is 1. The van der Waals surface area contributed by atoms with Gasteiger partial charge in [0, 0.05) is 37.8 Å². The molecule has 0 unspecified atom stereocenters. The zero-order valence-corrected chi connectivity index (χ0v) is 14.8. The van der Waals surface area contributed by atoms with E-state index in [4.69, 9.17) is 0 Å². The van der Waals surface area contributed by atoms with Crippen molar-refractivity contribution in [3.8, 4) is 0 Å². The monoisotopic (exact) mass is 337 g/mol. The van der Waals surface area contributed by atoms with Crippen LogP contribution in [0, 0.1) is 0 Å². The Balaban J connectivity index is 2.00. The number of rotatable bonds is 2. The van der Waals surface area contributed by atoms with Crippen LogP contribution in [0.25, 0.3) is 0 Å². The largest absolute Gasteiger partial charge is 0.373 e. The summed E-state index contributed by atoms with van der Waals surface area (Å²) < 4.78 is 0. The van der Waals surface area contributed by atoms with E-state index in [0.717, 1.165) is 24.3 Å². The molecule has 3 rings (SSSR count). The molecule has 0 spiro atoms. The summed E-state index contributed by atoms with van der Waals surface area (Å²) in [6, 6.07) is 15.2. The Labute approximate surface area is 148 Å². The van der Waals surface area contributed by atoms with Gasteiger partial charge >= 0.3 is 0 Å². The van der Waals surface area contributed by atoms with Crippen LogP contribution in [0.1, 0.15) is 30.6 Å². The average Bonchev–Trinajstić information content (AvgIpc) is 2.71. The summed E-state index contributed by atoms with van der Waals surface area (Å²) in [5, 5.41) is 2.73. The summed E-state index contributed by atoms with van der Waals surface area (Å²) in [5.41, 5.74) is 3.17. The Bertz CT molecular complexity index is 803. The Morgan fingerprint density at radius 1 is 1.08 bits per heavy atom. The summed E-state index contributed by atoms with van der Waals surface area (Å²) >= 11 is 0. The summed E-state index contributed by atoms with van der Waals surface area (Å²) in [6.07, 6.45) is 0.891. The van der Waals surface area contributed by atoms with Gasteiger partial charge in [0.1, 0.15) is 0 Å². The van der Waals surface area contributed by atoms with Crippen molar-refractivity contribution in [2.24, 2.45) is 0 Å². The van der Waals surface area contributed by atoms with Gasteiger partial charge in [0.15, 0.2) is 0 Å². The van der Waals surface area contributed by atoms with Crippen LogP contribution in [0.15, 0.2) is 48.5 Å². The topological polar surface area (TPSA) is 52.7 Å². The van der Waals surface area contributed by atoms with Crippen LogP contribution < -0.4 is 15.1 Å². The molecule has 2 amide bonds. The Morgan fingerprint density at radius 3 is 2.52 bits per heavy atom. The van der Waals surface area contributed by atoms with E-state index in [9.17, 15) is 9.59 Å². The summed E-state index contributed by atoms with van der Waals surface area (Å²) in [7, 11) is 2.05. The average molecular weight is 337 g/mol. The fourth-order valence-corrected chi connectivity index (χ4v) is 3.24. The van der Waals surface area contributed by atoms with Crippen molar-refractivity contribution in [3.63, 3.8) is 0 Å². The van der Waals surface area contributed by atoms with Crippen molar-refractivity contribution in [2.75, 3.05) is 28.7 Å². The number of amides is 2. The van der Waals surface area contributed by atoms with Crippen LogP contribution in [0.5, 0.6) is 0 Å². The third kappa shape index (κ3) is 3.50. The number of hydrogen-bond donors (Lipinski definition) is 1. The number of carbonyl (C=O) groups is 2. The lowest BCUT2D eigenvalue weighted by Crippen LogP contribution is -2.38. The highest BCUT2D eigenvalue weighted by Gasteiger charge is 2.29. The second-order valence-corrected chi connectivity index (χ2v) is 6.49. The van der Waals surface area contributed by atoms with Gasteiger partial charge in [-0.15, -0.1) is 0 Å². The van der Waals surface area contributed by atoms with E-state index in [1.54, 1.807) is 24.3 Å². The molecule has 0 saturated heterocycles. The highest BCUT2D eigenvalue weighted by atomic mass is 16.2. The van der Waals surface area contributed by atoms with Crippen LogP contribution in [-0.4, -0.2) is 31.4 Å². The molecule has 0 aromatic heterocycles. The molecule has 1 aliphatic heterocycles. The summed E-state index contributed by atoms with van der Waals surface area (Å²) in [6.45, 7) is 4.43. The molecule has 2 aromatic carbocycles. The molecular weight excluding hydrogens is 314 g/mol. The van der Waals surface area contributed by atoms with Crippen molar-refractivity contribution < 1.29 is 9.59 Å². The minimum atomic E-state index is -0.153. The van der Waals surface area contributed by atoms with Crippen LogP contribution in [-0.2, 0) is 4.79 Å².